The van der Waals surface area contributed by atoms with Gasteiger partial charge in [-0.05, 0) is 24.3 Å². The summed E-state index contributed by atoms with van der Waals surface area (Å²) in [6, 6.07) is 17.3. The molecule has 0 radical (unpaired) electrons. The molecule has 0 saturated heterocycles. The van der Waals surface area contributed by atoms with Gasteiger partial charge in [-0.15, -0.1) is 0 Å². The number of nitrogens with two attached hydrogens (primary N) is 1. The third-order valence-corrected chi connectivity index (χ3v) is 4.12. The molecule has 2 amide bonds. The minimum absolute atomic E-state index is 0.0609. The Bertz CT molecular complexity index is 697. The van der Waals surface area contributed by atoms with E-state index in [0.29, 0.717) is 23.7 Å². The van der Waals surface area contributed by atoms with Gasteiger partial charge in [0.25, 0.3) is 11.8 Å². The summed E-state index contributed by atoms with van der Waals surface area (Å²) in [4.78, 5) is 23.7. The molecule has 2 aromatic carbocycles. The van der Waals surface area contributed by atoms with Crippen molar-refractivity contribution in [3.63, 3.8) is 0 Å². The molecule has 0 aromatic heterocycles. The third-order valence-electron chi connectivity index (χ3n) is 4.12. The van der Waals surface area contributed by atoms with Crippen LogP contribution in [0.3, 0.4) is 0 Å². The van der Waals surface area contributed by atoms with Crippen LogP contribution in [-0.4, -0.2) is 25.4 Å². The van der Waals surface area contributed by atoms with Crippen LogP contribution < -0.4 is 16.0 Å². The molecule has 4 N–H and O–H groups in total. The molecule has 132 valence electrons. The minimum Gasteiger partial charge on any atom is -0.355 e. The predicted molar refractivity (Wildman–Crippen MR) is 99.3 cm³/mol. The number of anilines is 1. The maximum atomic E-state index is 12.2. The lowest BCUT2D eigenvalue weighted by molar-refractivity contribution is -0.692. The second kappa shape index (κ2) is 8.99. The van der Waals surface area contributed by atoms with E-state index < -0.39 is 0 Å². The standard InChI is InChI=1S/C20H25N3O2/c1-14(2)19(15-7-5-4-6-8-15)22-13-18(24)23-17-11-9-16(10-12-17)20(25)21-3/h4-12,14,19,22H,13H2,1-3H3,(H,21,25)(H,23,24)/p+1/t19-/m0/s1. The van der Waals surface area contributed by atoms with Gasteiger partial charge in [-0.2, -0.15) is 0 Å². The average molecular weight is 340 g/mol. The Balaban J connectivity index is 1.92. The van der Waals surface area contributed by atoms with E-state index in [4.69, 9.17) is 0 Å². The number of hydrogen-bond acceptors (Lipinski definition) is 2. The van der Waals surface area contributed by atoms with Crippen LogP contribution >= 0.6 is 0 Å². The second-order valence-corrected chi connectivity index (χ2v) is 6.32. The molecule has 0 aliphatic rings. The van der Waals surface area contributed by atoms with E-state index in [1.165, 1.54) is 5.56 Å². The van der Waals surface area contributed by atoms with Crippen molar-refractivity contribution < 1.29 is 14.9 Å². The summed E-state index contributed by atoms with van der Waals surface area (Å²) in [6.07, 6.45) is 0. The van der Waals surface area contributed by atoms with Gasteiger partial charge in [0.15, 0.2) is 6.54 Å². The fourth-order valence-corrected chi connectivity index (χ4v) is 2.76. The number of nitrogens with one attached hydrogen (secondary N) is 2. The molecule has 0 spiro atoms. The first-order valence-corrected chi connectivity index (χ1v) is 8.51. The van der Waals surface area contributed by atoms with Crippen LogP contribution in [0.1, 0.15) is 35.8 Å². The van der Waals surface area contributed by atoms with Gasteiger partial charge in [0.2, 0.25) is 0 Å². The van der Waals surface area contributed by atoms with Crippen LogP contribution in [0.4, 0.5) is 5.69 Å². The number of hydrogen-bond donors (Lipinski definition) is 3. The highest BCUT2D eigenvalue weighted by Crippen LogP contribution is 2.16. The normalized spacial score (nSPS) is 11.8. The number of carbonyl (C=O) groups is 2. The molecule has 5 nitrogen and oxygen atoms in total. The summed E-state index contributed by atoms with van der Waals surface area (Å²) in [6.45, 7) is 4.65. The molecule has 0 heterocycles. The molecule has 1 atom stereocenters. The first-order chi connectivity index (χ1) is 12.0. The van der Waals surface area contributed by atoms with Crippen LogP contribution in [0.25, 0.3) is 0 Å². The number of quaternary nitrogens is 1. The second-order valence-electron chi connectivity index (χ2n) is 6.32. The molecule has 0 saturated carbocycles. The van der Waals surface area contributed by atoms with Gasteiger partial charge in [-0.3, -0.25) is 9.59 Å². The van der Waals surface area contributed by atoms with Crippen molar-refractivity contribution in [3.05, 3.63) is 65.7 Å². The predicted octanol–water partition coefficient (Wildman–Crippen LogP) is 1.95. The third kappa shape index (κ3) is 5.43. The van der Waals surface area contributed by atoms with E-state index >= 15 is 0 Å². The van der Waals surface area contributed by atoms with Crippen molar-refractivity contribution in [3.8, 4) is 0 Å². The van der Waals surface area contributed by atoms with E-state index in [0.717, 1.165) is 0 Å². The van der Waals surface area contributed by atoms with Crippen LogP contribution in [0.5, 0.6) is 0 Å². The smallest absolute Gasteiger partial charge is 0.279 e. The summed E-state index contributed by atoms with van der Waals surface area (Å²) in [7, 11) is 1.59. The van der Waals surface area contributed by atoms with Crippen molar-refractivity contribution in [2.24, 2.45) is 5.92 Å². The van der Waals surface area contributed by atoms with E-state index in [1.54, 1.807) is 31.3 Å². The minimum atomic E-state index is -0.145. The molecule has 0 aliphatic heterocycles. The lowest BCUT2D eigenvalue weighted by Gasteiger charge is -2.19. The molecule has 0 bridgehead atoms. The van der Waals surface area contributed by atoms with Crippen molar-refractivity contribution >= 4 is 17.5 Å². The summed E-state index contributed by atoms with van der Waals surface area (Å²) >= 11 is 0. The molecule has 5 heteroatoms. The molecule has 0 unspecified atom stereocenters. The van der Waals surface area contributed by atoms with Crippen molar-refractivity contribution in [2.45, 2.75) is 19.9 Å². The van der Waals surface area contributed by atoms with E-state index in [-0.39, 0.29) is 17.9 Å². The average Bonchev–Trinajstić information content (AvgIpc) is 2.62. The van der Waals surface area contributed by atoms with Crippen molar-refractivity contribution in [1.29, 1.82) is 0 Å². The maximum Gasteiger partial charge on any atom is 0.279 e. The van der Waals surface area contributed by atoms with Crippen molar-refractivity contribution in [1.82, 2.24) is 5.32 Å². The Labute approximate surface area is 148 Å². The highest BCUT2D eigenvalue weighted by Gasteiger charge is 2.20. The van der Waals surface area contributed by atoms with Gasteiger partial charge in [0, 0.05) is 29.8 Å². The number of carbonyl (C=O) groups excluding carboxylic acids is 2. The fraction of sp³-hybridized carbons (Fsp3) is 0.300. The quantitative estimate of drug-likeness (QED) is 0.721. The molecule has 2 aromatic rings. The molecular formula is C20H26N3O2+. The Hall–Kier alpha value is -2.66. The largest absolute Gasteiger partial charge is 0.355 e. The van der Waals surface area contributed by atoms with E-state index in [1.807, 2.05) is 18.2 Å². The SMILES string of the molecule is CNC(=O)c1ccc(NC(=O)C[NH2+][C@H](c2ccccc2)C(C)C)cc1. The van der Waals surface area contributed by atoms with E-state index in [9.17, 15) is 9.59 Å². The molecule has 25 heavy (non-hydrogen) atoms. The summed E-state index contributed by atoms with van der Waals surface area (Å²) in [5.41, 5.74) is 2.48. The maximum absolute atomic E-state index is 12.2. The Morgan fingerprint density at radius 2 is 1.64 bits per heavy atom. The first-order valence-electron chi connectivity index (χ1n) is 8.51. The van der Waals surface area contributed by atoms with Gasteiger partial charge in [0.05, 0.1) is 0 Å². The van der Waals surface area contributed by atoms with Crippen LogP contribution in [-0.2, 0) is 4.79 Å². The molecule has 0 aliphatic carbocycles. The first kappa shape index (κ1) is 18.7. The molecule has 2 rings (SSSR count). The fourth-order valence-electron chi connectivity index (χ4n) is 2.76. The van der Waals surface area contributed by atoms with Crippen LogP contribution in [0.2, 0.25) is 0 Å². The monoisotopic (exact) mass is 340 g/mol. The zero-order valence-corrected chi connectivity index (χ0v) is 15.0. The lowest BCUT2D eigenvalue weighted by Crippen LogP contribution is -2.88. The van der Waals surface area contributed by atoms with Gasteiger partial charge >= 0.3 is 0 Å². The summed E-state index contributed by atoms with van der Waals surface area (Å²) < 4.78 is 0. The van der Waals surface area contributed by atoms with E-state index in [2.05, 4.69) is 41.9 Å². The lowest BCUT2D eigenvalue weighted by atomic mass is 9.96. The zero-order chi connectivity index (χ0) is 18.2. The highest BCUT2D eigenvalue weighted by atomic mass is 16.2. The summed E-state index contributed by atoms with van der Waals surface area (Å²) in [5.74, 6) is 0.213. The van der Waals surface area contributed by atoms with Crippen molar-refractivity contribution in [2.75, 3.05) is 18.9 Å². The van der Waals surface area contributed by atoms with Gasteiger partial charge in [-0.1, -0.05) is 44.2 Å². The van der Waals surface area contributed by atoms with Gasteiger partial charge < -0.3 is 16.0 Å². The zero-order valence-electron chi connectivity index (χ0n) is 15.0. The van der Waals surface area contributed by atoms with Crippen LogP contribution in [0, 0.1) is 5.92 Å². The van der Waals surface area contributed by atoms with Crippen LogP contribution in [0.15, 0.2) is 54.6 Å². The van der Waals surface area contributed by atoms with Gasteiger partial charge in [0.1, 0.15) is 6.04 Å². The molecular weight excluding hydrogens is 314 g/mol. The topological polar surface area (TPSA) is 74.8 Å². The Morgan fingerprint density at radius 3 is 2.20 bits per heavy atom. The molecule has 0 fully saturated rings. The summed E-state index contributed by atoms with van der Waals surface area (Å²) in [5, 5.41) is 7.50. The number of amides is 2. The number of rotatable bonds is 7. The highest BCUT2D eigenvalue weighted by molar-refractivity contribution is 5.95. The number of benzene rings is 2. The van der Waals surface area contributed by atoms with Gasteiger partial charge in [-0.25, -0.2) is 0 Å². The Morgan fingerprint density at radius 1 is 1.00 bits per heavy atom. The Kier molecular flexibility index (Phi) is 6.71.